The van der Waals surface area contributed by atoms with Crippen molar-refractivity contribution < 1.29 is 13.9 Å². The lowest BCUT2D eigenvalue weighted by Gasteiger charge is -2.24. The molecular formula is C21H22N2O3. The number of amides is 1. The van der Waals surface area contributed by atoms with E-state index in [1.807, 2.05) is 42.2 Å². The number of aromatic nitrogens is 1. The second-order valence-corrected chi connectivity index (χ2v) is 6.78. The van der Waals surface area contributed by atoms with Crippen molar-refractivity contribution in [2.24, 2.45) is 5.92 Å². The van der Waals surface area contributed by atoms with E-state index in [0.717, 1.165) is 23.1 Å². The van der Waals surface area contributed by atoms with Gasteiger partial charge in [0.2, 0.25) is 0 Å². The topological polar surface area (TPSA) is 55.6 Å². The van der Waals surface area contributed by atoms with Gasteiger partial charge in [0.1, 0.15) is 5.58 Å². The highest BCUT2D eigenvalue weighted by atomic mass is 16.5. The average molecular weight is 350 g/mol. The van der Waals surface area contributed by atoms with Crippen molar-refractivity contribution in [1.82, 2.24) is 9.88 Å². The molecule has 0 spiro atoms. The van der Waals surface area contributed by atoms with Gasteiger partial charge >= 0.3 is 0 Å². The zero-order valence-electron chi connectivity index (χ0n) is 14.9. The number of hydrogen-bond donors (Lipinski definition) is 0. The van der Waals surface area contributed by atoms with Gasteiger partial charge in [-0.05, 0) is 43.2 Å². The summed E-state index contributed by atoms with van der Waals surface area (Å²) in [5.74, 6) is 0.284. The summed E-state index contributed by atoms with van der Waals surface area (Å²) in [6.07, 6.45) is 4.29. The van der Waals surface area contributed by atoms with Gasteiger partial charge < -0.3 is 14.1 Å². The first-order valence-corrected chi connectivity index (χ1v) is 8.96. The van der Waals surface area contributed by atoms with Gasteiger partial charge in [-0.3, -0.25) is 9.78 Å². The molecule has 1 aliphatic heterocycles. The number of carbonyl (C=O) groups excluding carboxylic acids is 1. The highest BCUT2D eigenvalue weighted by Crippen LogP contribution is 2.24. The maximum Gasteiger partial charge on any atom is 0.255 e. The molecule has 2 aromatic heterocycles. The minimum Gasteiger partial charge on any atom is -0.464 e. The largest absolute Gasteiger partial charge is 0.464 e. The van der Waals surface area contributed by atoms with Crippen molar-refractivity contribution in [2.75, 3.05) is 26.3 Å². The first kappa shape index (κ1) is 16.8. The molecule has 3 aromatic rings. The second-order valence-electron chi connectivity index (χ2n) is 6.78. The van der Waals surface area contributed by atoms with Crippen LogP contribution in [0.4, 0.5) is 0 Å². The monoisotopic (exact) mass is 350 g/mol. The molecule has 1 atom stereocenters. The Hall–Kier alpha value is -2.66. The van der Waals surface area contributed by atoms with E-state index >= 15 is 0 Å². The van der Waals surface area contributed by atoms with Crippen LogP contribution in [0.5, 0.6) is 0 Å². The normalized spacial score (nSPS) is 18.0. The predicted molar refractivity (Wildman–Crippen MR) is 99.1 cm³/mol. The van der Waals surface area contributed by atoms with Gasteiger partial charge in [-0.2, -0.15) is 0 Å². The van der Waals surface area contributed by atoms with Crippen LogP contribution in [-0.2, 0) is 11.2 Å². The molecule has 3 heterocycles. The highest BCUT2D eigenvalue weighted by Gasteiger charge is 2.25. The summed E-state index contributed by atoms with van der Waals surface area (Å²) < 4.78 is 11.3. The Morgan fingerprint density at radius 1 is 1.27 bits per heavy atom. The summed E-state index contributed by atoms with van der Waals surface area (Å²) in [6, 6.07) is 11.8. The van der Waals surface area contributed by atoms with Crippen molar-refractivity contribution in [1.29, 1.82) is 0 Å². The fraction of sp³-hybridized carbons (Fsp3) is 0.333. The molecule has 1 aromatic carbocycles. The lowest BCUT2D eigenvalue weighted by molar-refractivity contribution is 0.0736. The van der Waals surface area contributed by atoms with Crippen LogP contribution in [0.3, 0.4) is 0 Å². The molecule has 1 saturated heterocycles. The Morgan fingerprint density at radius 2 is 2.19 bits per heavy atom. The zero-order chi connectivity index (χ0) is 17.9. The number of ether oxygens (including phenoxy) is 1. The number of hydrogen-bond acceptors (Lipinski definition) is 4. The van der Waals surface area contributed by atoms with Crippen molar-refractivity contribution in [2.45, 2.75) is 13.3 Å². The van der Waals surface area contributed by atoms with Crippen molar-refractivity contribution in [3.05, 3.63) is 65.7 Å². The third-order valence-corrected chi connectivity index (χ3v) is 4.96. The summed E-state index contributed by atoms with van der Waals surface area (Å²) in [4.78, 5) is 19.1. The van der Waals surface area contributed by atoms with E-state index in [4.69, 9.17) is 9.15 Å². The summed E-state index contributed by atoms with van der Waals surface area (Å²) in [7, 11) is 0. The van der Waals surface area contributed by atoms with E-state index < -0.39 is 0 Å². The molecule has 0 unspecified atom stereocenters. The maximum atomic E-state index is 13.0. The van der Waals surface area contributed by atoms with Crippen LogP contribution in [0.25, 0.3) is 11.0 Å². The van der Waals surface area contributed by atoms with Crippen molar-refractivity contribution in [3.63, 3.8) is 0 Å². The van der Waals surface area contributed by atoms with E-state index in [1.165, 1.54) is 5.56 Å². The molecule has 1 aliphatic rings. The molecule has 0 bridgehead atoms. The van der Waals surface area contributed by atoms with Gasteiger partial charge in [-0.15, -0.1) is 0 Å². The van der Waals surface area contributed by atoms with Crippen LogP contribution >= 0.6 is 0 Å². The molecule has 0 radical (unpaired) electrons. The average Bonchev–Trinajstić information content (AvgIpc) is 3.02. The second kappa shape index (κ2) is 7.30. The van der Waals surface area contributed by atoms with Crippen LogP contribution in [-0.4, -0.2) is 42.1 Å². The number of nitrogens with zero attached hydrogens (tertiary/aromatic N) is 2. The Bertz CT molecular complexity index is 918. The lowest BCUT2D eigenvalue weighted by Crippen LogP contribution is -2.36. The molecular weight excluding hydrogens is 328 g/mol. The SMILES string of the molecule is Cc1ncccc1C(=O)N1CCOC[C@@H](Cc2cccc3occc23)C1. The summed E-state index contributed by atoms with van der Waals surface area (Å²) in [6.45, 7) is 4.39. The predicted octanol–water partition coefficient (Wildman–Crippen LogP) is 3.47. The minimum atomic E-state index is 0.0348. The summed E-state index contributed by atoms with van der Waals surface area (Å²) in [5.41, 5.74) is 3.57. The summed E-state index contributed by atoms with van der Waals surface area (Å²) >= 11 is 0. The van der Waals surface area contributed by atoms with Crippen LogP contribution < -0.4 is 0 Å². The maximum absolute atomic E-state index is 13.0. The number of pyridine rings is 1. The molecule has 26 heavy (non-hydrogen) atoms. The smallest absolute Gasteiger partial charge is 0.255 e. The first-order chi connectivity index (χ1) is 12.7. The van der Waals surface area contributed by atoms with Gasteiger partial charge in [-0.25, -0.2) is 0 Å². The number of furan rings is 1. The number of fused-ring (bicyclic) bond motifs is 1. The Morgan fingerprint density at radius 3 is 3.08 bits per heavy atom. The quantitative estimate of drug-likeness (QED) is 0.726. The van der Waals surface area contributed by atoms with Crippen molar-refractivity contribution in [3.8, 4) is 0 Å². The van der Waals surface area contributed by atoms with E-state index in [0.29, 0.717) is 31.9 Å². The fourth-order valence-electron chi connectivity index (χ4n) is 3.61. The molecule has 1 amide bonds. The van der Waals surface area contributed by atoms with E-state index in [-0.39, 0.29) is 11.8 Å². The van der Waals surface area contributed by atoms with Crippen molar-refractivity contribution >= 4 is 16.9 Å². The van der Waals surface area contributed by atoms with Crippen LogP contribution in [0.2, 0.25) is 0 Å². The van der Waals surface area contributed by atoms with E-state index in [1.54, 1.807) is 12.5 Å². The van der Waals surface area contributed by atoms with Gasteiger partial charge in [0.25, 0.3) is 5.91 Å². The summed E-state index contributed by atoms with van der Waals surface area (Å²) in [5, 5.41) is 1.14. The van der Waals surface area contributed by atoms with E-state index in [9.17, 15) is 4.79 Å². The third-order valence-electron chi connectivity index (χ3n) is 4.96. The fourth-order valence-corrected chi connectivity index (χ4v) is 3.61. The van der Waals surface area contributed by atoms with Gasteiger partial charge in [0.05, 0.1) is 25.0 Å². The van der Waals surface area contributed by atoms with Crippen LogP contribution in [0, 0.1) is 12.8 Å². The molecule has 1 fully saturated rings. The van der Waals surface area contributed by atoms with E-state index in [2.05, 4.69) is 11.1 Å². The van der Waals surface area contributed by atoms with Gasteiger partial charge in [-0.1, -0.05) is 12.1 Å². The Labute approximate surface area is 152 Å². The Balaban J connectivity index is 1.54. The lowest BCUT2D eigenvalue weighted by atomic mass is 9.97. The molecule has 5 heteroatoms. The molecule has 0 N–H and O–H groups in total. The minimum absolute atomic E-state index is 0.0348. The standard InChI is InChI=1S/C21H22N2O3/c1-15-18(5-3-8-22-15)21(24)23-9-11-25-14-16(13-23)12-17-4-2-6-20-19(17)7-10-26-20/h2-8,10,16H,9,11-14H2,1H3/t16-/m0/s1. The highest BCUT2D eigenvalue weighted by molar-refractivity contribution is 5.95. The Kier molecular flexibility index (Phi) is 4.71. The number of carbonyl (C=O) groups is 1. The molecule has 4 rings (SSSR count). The van der Waals surface area contributed by atoms with Crippen LogP contribution in [0.1, 0.15) is 21.6 Å². The third kappa shape index (κ3) is 3.35. The number of rotatable bonds is 3. The molecule has 0 saturated carbocycles. The van der Waals surface area contributed by atoms with Crippen LogP contribution in [0.15, 0.2) is 53.3 Å². The molecule has 5 nitrogen and oxygen atoms in total. The first-order valence-electron chi connectivity index (χ1n) is 8.96. The van der Waals surface area contributed by atoms with Gasteiger partial charge in [0, 0.05) is 36.3 Å². The molecule has 134 valence electrons. The molecule has 0 aliphatic carbocycles. The number of benzene rings is 1. The van der Waals surface area contributed by atoms with Gasteiger partial charge in [0.15, 0.2) is 0 Å². The zero-order valence-corrected chi connectivity index (χ0v) is 14.9. The number of aryl methyl sites for hydroxylation is 1.